The van der Waals surface area contributed by atoms with Crippen LogP contribution in [0, 0.1) is 0 Å². The average Bonchev–Trinajstić information content (AvgIpc) is 2.90. The molecule has 5 heteroatoms. The van der Waals surface area contributed by atoms with Gasteiger partial charge in [-0.2, -0.15) is 13.2 Å². The van der Waals surface area contributed by atoms with E-state index in [9.17, 15) is 13.2 Å². The summed E-state index contributed by atoms with van der Waals surface area (Å²) in [6.45, 7) is 3.93. The van der Waals surface area contributed by atoms with Gasteiger partial charge in [-0.05, 0) is 49.4 Å². The third-order valence-corrected chi connectivity index (χ3v) is 4.23. The zero-order valence-corrected chi connectivity index (χ0v) is 12.8. The van der Waals surface area contributed by atoms with Gasteiger partial charge in [0.25, 0.3) is 0 Å². The molecule has 0 aliphatic carbocycles. The predicted octanol–water partition coefficient (Wildman–Crippen LogP) is 5.05. The fraction of sp³-hybridized carbons (Fsp3) is 0.375. The molecule has 0 saturated carbocycles. The van der Waals surface area contributed by atoms with Gasteiger partial charge in [-0.1, -0.05) is 18.2 Å². The van der Waals surface area contributed by atoms with Crippen molar-refractivity contribution in [2.24, 2.45) is 0 Å². The first-order valence-corrected chi connectivity index (χ1v) is 7.70. The van der Waals surface area contributed by atoms with Crippen molar-refractivity contribution in [1.29, 1.82) is 0 Å². The third-order valence-electron chi connectivity index (χ3n) is 3.34. The molecule has 2 rings (SSSR count). The molecular weight excluding hydrogens is 295 g/mol. The van der Waals surface area contributed by atoms with Gasteiger partial charge in [0.05, 0.1) is 5.56 Å². The summed E-state index contributed by atoms with van der Waals surface area (Å²) >= 11 is 1.69. The minimum absolute atomic E-state index is 0.123. The molecule has 0 amide bonds. The van der Waals surface area contributed by atoms with Crippen LogP contribution in [-0.4, -0.2) is 6.04 Å². The number of thiophene rings is 1. The summed E-state index contributed by atoms with van der Waals surface area (Å²) in [7, 11) is 0. The zero-order chi connectivity index (χ0) is 15.5. The Hall–Kier alpha value is -1.33. The van der Waals surface area contributed by atoms with Crippen molar-refractivity contribution in [3.8, 4) is 0 Å². The summed E-state index contributed by atoms with van der Waals surface area (Å²) in [5.74, 6) is 0. The van der Waals surface area contributed by atoms with Gasteiger partial charge in [-0.25, -0.2) is 0 Å². The maximum Gasteiger partial charge on any atom is 0.416 e. The van der Waals surface area contributed by atoms with Crippen molar-refractivity contribution < 1.29 is 13.2 Å². The van der Waals surface area contributed by atoms with E-state index in [0.717, 1.165) is 12.5 Å². The van der Waals surface area contributed by atoms with Crippen molar-refractivity contribution in [1.82, 2.24) is 5.32 Å². The molecule has 1 N–H and O–H groups in total. The van der Waals surface area contributed by atoms with Gasteiger partial charge in [-0.3, -0.25) is 0 Å². The fourth-order valence-electron chi connectivity index (χ4n) is 2.30. The second-order valence-electron chi connectivity index (χ2n) is 5.20. The first kappa shape index (κ1) is 16.0. The lowest BCUT2D eigenvalue weighted by Crippen LogP contribution is -2.30. The molecule has 2 aromatic rings. The Bertz CT molecular complexity index is 563. The van der Waals surface area contributed by atoms with Gasteiger partial charge in [0.2, 0.25) is 0 Å². The van der Waals surface area contributed by atoms with E-state index in [1.165, 1.54) is 17.0 Å². The number of rotatable bonds is 5. The Balaban J connectivity index is 2.01. The summed E-state index contributed by atoms with van der Waals surface area (Å²) in [6, 6.07) is 9.66. The van der Waals surface area contributed by atoms with Crippen LogP contribution in [0.25, 0.3) is 0 Å². The second-order valence-corrected chi connectivity index (χ2v) is 6.23. The van der Waals surface area contributed by atoms with Crippen molar-refractivity contribution in [3.63, 3.8) is 0 Å². The van der Waals surface area contributed by atoms with Crippen LogP contribution in [-0.2, 0) is 12.6 Å². The molecule has 0 radical (unpaired) electrons. The van der Waals surface area contributed by atoms with Crippen molar-refractivity contribution in [3.05, 3.63) is 57.8 Å². The molecule has 1 aromatic heterocycles. The molecule has 2 atom stereocenters. The quantitative estimate of drug-likeness (QED) is 0.814. The largest absolute Gasteiger partial charge is 0.416 e. The molecule has 0 saturated heterocycles. The van der Waals surface area contributed by atoms with Crippen LogP contribution in [0.1, 0.15) is 35.9 Å². The Morgan fingerprint density at radius 1 is 1.14 bits per heavy atom. The standard InChI is InChI=1S/C16H18F3NS/c1-11(9-15-7-4-8-21-15)20-12(2)13-5-3-6-14(10-13)16(17,18)19/h3-8,10-12,20H,9H2,1-2H3. The van der Waals surface area contributed by atoms with E-state index < -0.39 is 11.7 Å². The summed E-state index contributed by atoms with van der Waals surface area (Å²) in [6.07, 6.45) is -3.42. The summed E-state index contributed by atoms with van der Waals surface area (Å²) in [5.41, 5.74) is 0.0578. The van der Waals surface area contributed by atoms with Crippen LogP contribution in [0.2, 0.25) is 0 Å². The lowest BCUT2D eigenvalue weighted by molar-refractivity contribution is -0.137. The molecular formula is C16H18F3NS. The molecule has 0 spiro atoms. The molecule has 1 nitrogen and oxygen atoms in total. The molecule has 0 aliphatic heterocycles. The highest BCUT2D eigenvalue weighted by atomic mass is 32.1. The molecule has 114 valence electrons. The summed E-state index contributed by atoms with van der Waals surface area (Å²) in [5, 5.41) is 5.38. The average molecular weight is 313 g/mol. The Morgan fingerprint density at radius 2 is 1.90 bits per heavy atom. The van der Waals surface area contributed by atoms with Crippen LogP contribution < -0.4 is 5.32 Å². The van der Waals surface area contributed by atoms with E-state index in [1.54, 1.807) is 17.4 Å². The van der Waals surface area contributed by atoms with E-state index in [4.69, 9.17) is 0 Å². The normalized spacial score (nSPS) is 14.9. The van der Waals surface area contributed by atoms with E-state index >= 15 is 0 Å². The minimum atomic E-state index is -4.29. The molecule has 0 fully saturated rings. The highest BCUT2D eigenvalue weighted by Crippen LogP contribution is 2.30. The fourth-order valence-corrected chi connectivity index (χ4v) is 3.13. The van der Waals surface area contributed by atoms with E-state index in [2.05, 4.69) is 11.4 Å². The SMILES string of the molecule is CC(Cc1cccs1)NC(C)c1cccc(C(F)(F)F)c1. The summed E-state index contributed by atoms with van der Waals surface area (Å²) in [4.78, 5) is 1.27. The third kappa shape index (κ3) is 4.58. The Kier molecular flexibility index (Phi) is 5.06. The first-order valence-electron chi connectivity index (χ1n) is 6.82. The van der Waals surface area contributed by atoms with Crippen LogP contribution in [0.5, 0.6) is 0 Å². The zero-order valence-electron chi connectivity index (χ0n) is 11.9. The maximum atomic E-state index is 12.7. The highest BCUT2D eigenvalue weighted by molar-refractivity contribution is 7.09. The predicted molar refractivity (Wildman–Crippen MR) is 80.5 cm³/mol. The van der Waals surface area contributed by atoms with Gasteiger partial charge in [0, 0.05) is 17.0 Å². The van der Waals surface area contributed by atoms with Crippen molar-refractivity contribution in [2.75, 3.05) is 0 Å². The molecule has 2 unspecified atom stereocenters. The lowest BCUT2D eigenvalue weighted by atomic mass is 10.0. The first-order chi connectivity index (χ1) is 9.86. The number of alkyl halides is 3. The molecule has 0 bridgehead atoms. The Morgan fingerprint density at radius 3 is 2.52 bits per heavy atom. The molecule has 1 heterocycles. The minimum Gasteiger partial charge on any atom is -0.307 e. The number of hydrogen-bond donors (Lipinski definition) is 1. The molecule has 1 aromatic carbocycles. The smallest absolute Gasteiger partial charge is 0.307 e. The van der Waals surface area contributed by atoms with Gasteiger partial charge < -0.3 is 5.32 Å². The van der Waals surface area contributed by atoms with Crippen LogP contribution in [0.4, 0.5) is 13.2 Å². The van der Waals surface area contributed by atoms with Gasteiger partial charge in [-0.15, -0.1) is 11.3 Å². The second kappa shape index (κ2) is 6.62. The van der Waals surface area contributed by atoms with Gasteiger partial charge >= 0.3 is 6.18 Å². The van der Waals surface area contributed by atoms with Crippen molar-refractivity contribution >= 4 is 11.3 Å². The van der Waals surface area contributed by atoms with Gasteiger partial charge in [0.15, 0.2) is 0 Å². The Labute approximate surface area is 126 Å². The van der Waals surface area contributed by atoms with E-state index in [-0.39, 0.29) is 12.1 Å². The number of benzene rings is 1. The van der Waals surface area contributed by atoms with Crippen molar-refractivity contribution in [2.45, 2.75) is 38.5 Å². The maximum absolute atomic E-state index is 12.7. The van der Waals surface area contributed by atoms with E-state index in [0.29, 0.717) is 5.56 Å². The topological polar surface area (TPSA) is 12.0 Å². The van der Waals surface area contributed by atoms with Crippen LogP contribution in [0.15, 0.2) is 41.8 Å². The highest BCUT2D eigenvalue weighted by Gasteiger charge is 2.30. The van der Waals surface area contributed by atoms with Crippen LogP contribution in [0.3, 0.4) is 0 Å². The number of nitrogens with one attached hydrogen (secondary N) is 1. The monoisotopic (exact) mass is 313 g/mol. The molecule has 0 aliphatic rings. The number of halogens is 3. The van der Waals surface area contributed by atoms with E-state index in [1.807, 2.05) is 25.3 Å². The molecule has 21 heavy (non-hydrogen) atoms. The summed E-state index contributed by atoms with van der Waals surface area (Å²) < 4.78 is 38.2. The van der Waals surface area contributed by atoms with Crippen LogP contribution >= 0.6 is 11.3 Å². The number of hydrogen-bond acceptors (Lipinski definition) is 2. The van der Waals surface area contributed by atoms with Gasteiger partial charge in [0.1, 0.15) is 0 Å². The lowest BCUT2D eigenvalue weighted by Gasteiger charge is -2.21.